The summed E-state index contributed by atoms with van der Waals surface area (Å²) in [7, 11) is 4.00. The van der Waals surface area contributed by atoms with Crippen LogP contribution in [0, 0.1) is 5.92 Å². The molecule has 1 aliphatic carbocycles. The largest absolute Gasteiger partial charge is 0.480 e. The second-order valence-corrected chi connectivity index (χ2v) is 5.15. The van der Waals surface area contributed by atoms with Gasteiger partial charge in [-0.2, -0.15) is 0 Å². The molecule has 1 rings (SSSR count). The molecule has 4 nitrogen and oxygen atoms in total. The van der Waals surface area contributed by atoms with Crippen molar-refractivity contribution in [3.8, 4) is 0 Å². The highest BCUT2D eigenvalue weighted by molar-refractivity contribution is 5.79. The molecule has 16 heavy (non-hydrogen) atoms. The first-order valence-electron chi connectivity index (χ1n) is 6.12. The molecule has 0 spiro atoms. The molecule has 2 atom stereocenters. The van der Waals surface area contributed by atoms with E-state index in [2.05, 4.69) is 17.1 Å². The SMILES string of the molecule is CC1CCCCC1(NCCN(C)C)C(=O)O. The fourth-order valence-electron chi connectivity index (χ4n) is 2.51. The van der Waals surface area contributed by atoms with Crippen LogP contribution in [0.1, 0.15) is 32.6 Å². The van der Waals surface area contributed by atoms with Gasteiger partial charge in [0.2, 0.25) is 0 Å². The number of carboxylic acid groups (broad SMARTS) is 1. The molecule has 0 aromatic rings. The third kappa shape index (κ3) is 2.95. The van der Waals surface area contributed by atoms with Crippen molar-refractivity contribution in [1.29, 1.82) is 0 Å². The first-order chi connectivity index (χ1) is 7.49. The van der Waals surface area contributed by atoms with Crippen molar-refractivity contribution in [3.05, 3.63) is 0 Å². The predicted octanol–water partition coefficient (Wildman–Crippen LogP) is 1.17. The first kappa shape index (κ1) is 13.5. The molecular formula is C12H24N2O2. The molecule has 0 heterocycles. The van der Waals surface area contributed by atoms with Crippen LogP contribution in [0.25, 0.3) is 0 Å². The highest BCUT2D eigenvalue weighted by Gasteiger charge is 2.44. The van der Waals surface area contributed by atoms with E-state index in [1.165, 1.54) is 0 Å². The summed E-state index contributed by atoms with van der Waals surface area (Å²) in [6.07, 6.45) is 3.95. The zero-order valence-corrected chi connectivity index (χ0v) is 10.6. The van der Waals surface area contributed by atoms with Gasteiger partial charge >= 0.3 is 5.97 Å². The summed E-state index contributed by atoms with van der Waals surface area (Å²) < 4.78 is 0. The second kappa shape index (κ2) is 5.64. The predicted molar refractivity (Wildman–Crippen MR) is 64.6 cm³/mol. The Labute approximate surface area is 98.0 Å². The molecule has 0 aromatic carbocycles. The van der Waals surface area contributed by atoms with Gasteiger partial charge < -0.3 is 15.3 Å². The Morgan fingerprint density at radius 3 is 2.69 bits per heavy atom. The smallest absolute Gasteiger partial charge is 0.324 e. The summed E-state index contributed by atoms with van der Waals surface area (Å²) in [6.45, 7) is 3.67. The zero-order chi connectivity index (χ0) is 12.2. The van der Waals surface area contributed by atoms with Crippen molar-refractivity contribution in [2.75, 3.05) is 27.2 Å². The summed E-state index contributed by atoms with van der Waals surface area (Å²) in [5.41, 5.74) is -0.686. The Balaban J connectivity index is 2.61. The van der Waals surface area contributed by atoms with Crippen LogP contribution in [-0.4, -0.2) is 48.7 Å². The number of carboxylic acids is 1. The maximum absolute atomic E-state index is 11.5. The van der Waals surface area contributed by atoms with Gasteiger partial charge in [0.25, 0.3) is 0 Å². The van der Waals surface area contributed by atoms with E-state index in [1.54, 1.807) is 0 Å². The molecular weight excluding hydrogens is 204 g/mol. The Bertz CT molecular complexity index is 243. The average molecular weight is 228 g/mol. The summed E-state index contributed by atoms with van der Waals surface area (Å²) in [6, 6.07) is 0. The second-order valence-electron chi connectivity index (χ2n) is 5.15. The van der Waals surface area contributed by atoms with Gasteiger partial charge in [0.05, 0.1) is 0 Å². The summed E-state index contributed by atoms with van der Waals surface area (Å²) >= 11 is 0. The zero-order valence-electron chi connectivity index (χ0n) is 10.6. The Morgan fingerprint density at radius 1 is 1.50 bits per heavy atom. The standard InChI is InChI=1S/C12H24N2O2/c1-10-6-4-5-7-12(10,11(15)16)13-8-9-14(2)3/h10,13H,4-9H2,1-3H3,(H,15,16). The number of hydrogen-bond donors (Lipinski definition) is 2. The van der Waals surface area contributed by atoms with Crippen LogP contribution in [0.3, 0.4) is 0 Å². The van der Waals surface area contributed by atoms with Crippen LogP contribution in [0.4, 0.5) is 0 Å². The van der Waals surface area contributed by atoms with E-state index in [0.717, 1.165) is 38.8 Å². The summed E-state index contributed by atoms with van der Waals surface area (Å²) in [4.78, 5) is 13.6. The number of aliphatic carboxylic acids is 1. The van der Waals surface area contributed by atoms with Gasteiger partial charge in [-0.1, -0.05) is 19.8 Å². The van der Waals surface area contributed by atoms with E-state index in [0.29, 0.717) is 0 Å². The van der Waals surface area contributed by atoms with Crippen LogP contribution < -0.4 is 5.32 Å². The molecule has 1 aliphatic rings. The minimum atomic E-state index is -0.686. The van der Waals surface area contributed by atoms with E-state index in [9.17, 15) is 9.90 Å². The molecule has 0 radical (unpaired) electrons. The molecule has 0 amide bonds. The molecule has 2 N–H and O–H groups in total. The van der Waals surface area contributed by atoms with E-state index >= 15 is 0 Å². The number of hydrogen-bond acceptors (Lipinski definition) is 3. The highest BCUT2D eigenvalue weighted by Crippen LogP contribution is 2.33. The monoisotopic (exact) mass is 228 g/mol. The third-order valence-electron chi connectivity index (χ3n) is 3.68. The molecule has 0 bridgehead atoms. The van der Waals surface area contributed by atoms with Crippen molar-refractivity contribution in [2.24, 2.45) is 5.92 Å². The van der Waals surface area contributed by atoms with Gasteiger partial charge in [0.1, 0.15) is 5.54 Å². The lowest BCUT2D eigenvalue weighted by Crippen LogP contribution is -2.59. The quantitative estimate of drug-likeness (QED) is 0.741. The maximum atomic E-state index is 11.5. The Kier molecular flexibility index (Phi) is 4.74. The molecule has 1 fully saturated rings. The van der Waals surface area contributed by atoms with Crippen molar-refractivity contribution in [2.45, 2.75) is 38.1 Å². The van der Waals surface area contributed by atoms with Gasteiger partial charge in [0.15, 0.2) is 0 Å². The number of likely N-dealkylation sites (N-methyl/N-ethyl adjacent to an activating group) is 1. The fraction of sp³-hybridized carbons (Fsp3) is 0.917. The number of nitrogens with one attached hydrogen (secondary N) is 1. The van der Waals surface area contributed by atoms with Gasteiger partial charge in [0, 0.05) is 13.1 Å². The van der Waals surface area contributed by atoms with Crippen molar-refractivity contribution >= 4 is 5.97 Å². The van der Waals surface area contributed by atoms with Gasteiger partial charge in [-0.3, -0.25) is 4.79 Å². The normalized spacial score (nSPS) is 30.6. The van der Waals surface area contributed by atoms with E-state index in [4.69, 9.17) is 0 Å². The van der Waals surface area contributed by atoms with Gasteiger partial charge in [-0.05, 0) is 32.9 Å². The lowest BCUT2D eigenvalue weighted by molar-refractivity contribution is -0.149. The van der Waals surface area contributed by atoms with E-state index in [-0.39, 0.29) is 5.92 Å². The van der Waals surface area contributed by atoms with Gasteiger partial charge in [-0.15, -0.1) is 0 Å². The van der Waals surface area contributed by atoms with Crippen LogP contribution in [-0.2, 0) is 4.79 Å². The number of nitrogens with zero attached hydrogens (tertiary/aromatic N) is 1. The molecule has 0 aromatic heterocycles. The molecule has 0 aliphatic heterocycles. The highest BCUT2D eigenvalue weighted by atomic mass is 16.4. The maximum Gasteiger partial charge on any atom is 0.324 e. The van der Waals surface area contributed by atoms with Crippen molar-refractivity contribution in [1.82, 2.24) is 10.2 Å². The lowest BCUT2D eigenvalue weighted by Gasteiger charge is -2.40. The molecule has 94 valence electrons. The van der Waals surface area contributed by atoms with Crippen LogP contribution in [0.15, 0.2) is 0 Å². The number of carbonyl (C=O) groups is 1. The van der Waals surface area contributed by atoms with Crippen LogP contribution >= 0.6 is 0 Å². The summed E-state index contributed by atoms with van der Waals surface area (Å²) in [5, 5.41) is 12.7. The number of rotatable bonds is 5. The van der Waals surface area contributed by atoms with Crippen LogP contribution in [0.2, 0.25) is 0 Å². The van der Waals surface area contributed by atoms with Gasteiger partial charge in [-0.25, -0.2) is 0 Å². The van der Waals surface area contributed by atoms with E-state index < -0.39 is 11.5 Å². The first-order valence-corrected chi connectivity index (χ1v) is 6.12. The summed E-state index contributed by atoms with van der Waals surface area (Å²) in [5.74, 6) is -0.459. The third-order valence-corrected chi connectivity index (χ3v) is 3.68. The minimum Gasteiger partial charge on any atom is -0.480 e. The average Bonchev–Trinajstić information content (AvgIpc) is 2.20. The molecule has 4 heteroatoms. The Hall–Kier alpha value is -0.610. The lowest BCUT2D eigenvalue weighted by atomic mass is 9.73. The topological polar surface area (TPSA) is 52.6 Å². The molecule has 0 saturated heterocycles. The fourth-order valence-corrected chi connectivity index (χ4v) is 2.51. The van der Waals surface area contributed by atoms with Crippen molar-refractivity contribution in [3.63, 3.8) is 0 Å². The van der Waals surface area contributed by atoms with E-state index in [1.807, 2.05) is 14.1 Å². The minimum absolute atomic E-state index is 0.223. The van der Waals surface area contributed by atoms with Crippen molar-refractivity contribution < 1.29 is 9.90 Å². The Morgan fingerprint density at radius 2 is 2.19 bits per heavy atom. The van der Waals surface area contributed by atoms with Crippen LogP contribution in [0.5, 0.6) is 0 Å². The molecule has 2 unspecified atom stereocenters. The molecule has 1 saturated carbocycles.